The summed E-state index contributed by atoms with van der Waals surface area (Å²) in [7, 11) is 4.03. The van der Waals surface area contributed by atoms with Gasteiger partial charge in [0.05, 0.1) is 31.6 Å². The van der Waals surface area contributed by atoms with E-state index in [1.807, 2.05) is 14.1 Å². The monoisotopic (exact) mass is 305 g/mol. The van der Waals surface area contributed by atoms with Gasteiger partial charge in [-0.3, -0.25) is 4.90 Å². The van der Waals surface area contributed by atoms with E-state index in [1.165, 1.54) is 5.70 Å². The highest BCUT2D eigenvalue weighted by Crippen LogP contribution is 2.31. The van der Waals surface area contributed by atoms with E-state index in [0.29, 0.717) is 0 Å². The Morgan fingerprint density at radius 1 is 1.35 bits per heavy atom. The fourth-order valence-corrected chi connectivity index (χ4v) is 3.08. The zero-order valence-electron chi connectivity index (χ0n) is 10.4. The molecular weight excluding hydrogens is 286 g/mol. The summed E-state index contributed by atoms with van der Waals surface area (Å²) in [5.74, 6) is 0. The third-order valence-electron chi connectivity index (χ3n) is 3.53. The summed E-state index contributed by atoms with van der Waals surface area (Å²) < 4.78 is 6.44. The number of hydrogen-bond acceptors (Lipinski definition) is 5. The van der Waals surface area contributed by atoms with Gasteiger partial charge in [0.2, 0.25) is 0 Å². The van der Waals surface area contributed by atoms with Crippen molar-refractivity contribution >= 4 is 15.9 Å². The molecule has 2 aliphatic heterocycles. The highest BCUT2D eigenvalue weighted by molar-refractivity contribution is 9.11. The van der Waals surface area contributed by atoms with Crippen molar-refractivity contribution in [3.63, 3.8) is 0 Å². The molecular formula is C11H20BrN3O2. The molecule has 0 aromatic rings. The minimum atomic E-state index is 0.0519. The quantitative estimate of drug-likeness (QED) is 0.799. The number of likely N-dealkylation sites (N-methyl/N-ethyl adjacent to an activating group) is 2. The van der Waals surface area contributed by atoms with Gasteiger partial charge in [-0.2, -0.15) is 0 Å². The lowest BCUT2D eigenvalue weighted by atomic mass is 10.2. The molecule has 98 valence electrons. The third-order valence-corrected chi connectivity index (χ3v) is 4.52. The van der Waals surface area contributed by atoms with Gasteiger partial charge in [0, 0.05) is 38.2 Å². The molecule has 0 bridgehead atoms. The molecule has 6 heteroatoms. The standard InChI is InChI=1S/C11H20BrN3O2/c1-13-9(7-15-3-5-17-6-4-15)11(12)10(8-16)14(13)2/h10,16H,3-8H2,1-2H3. The van der Waals surface area contributed by atoms with Gasteiger partial charge in [-0.15, -0.1) is 0 Å². The van der Waals surface area contributed by atoms with Gasteiger partial charge in [-0.05, 0) is 0 Å². The molecule has 1 saturated heterocycles. The minimum Gasteiger partial charge on any atom is -0.394 e. The molecule has 2 rings (SSSR count). The zero-order valence-corrected chi connectivity index (χ0v) is 12.0. The molecule has 5 nitrogen and oxygen atoms in total. The predicted molar refractivity (Wildman–Crippen MR) is 69.6 cm³/mol. The average Bonchev–Trinajstić information content (AvgIpc) is 2.55. The van der Waals surface area contributed by atoms with Gasteiger partial charge in [-0.1, -0.05) is 15.9 Å². The van der Waals surface area contributed by atoms with E-state index in [-0.39, 0.29) is 12.6 Å². The number of hydrazine groups is 1. The van der Waals surface area contributed by atoms with Crippen LogP contribution in [0.5, 0.6) is 0 Å². The Hall–Kier alpha value is -0.140. The summed E-state index contributed by atoms with van der Waals surface area (Å²) in [5, 5.41) is 13.5. The van der Waals surface area contributed by atoms with E-state index >= 15 is 0 Å². The summed E-state index contributed by atoms with van der Waals surface area (Å²) in [6.45, 7) is 4.62. The Labute approximate surface area is 111 Å². The van der Waals surface area contributed by atoms with Gasteiger partial charge in [0.15, 0.2) is 0 Å². The first-order valence-corrected chi connectivity index (χ1v) is 6.70. The van der Waals surface area contributed by atoms with Crippen LogP contribution in [0.15, 0.2) is 10.2 Å². The Balaban J connectivity index is 2.05. The summed E-state index contributed by atoms with van der Waals surface area (Å²) in [6, 6.07) is 0.0519. The molecule has 0 amide bonds. The van der Waals surface area contributed by atoms with Crippen LogP contribution >= 0.6 is 15.9 Å². The van der Waals surface area contributed by atoms with Crippen LogP contribution in [0.4, 0.5) is 0 Å². The highest BCUT2D eigenvalue weighted by Gasteiger charge is 2.33. The largest absolute Gasteiger partial charge is 0.394 e. The van der Waals surface area contributed by atoms with Gasteiger partial charge in [-0.25, -0.2) is 5.01 Å². The topological polar surface area (TPSA) is 39.2 Å². The Morgan fingerprint density at radius 2 is 2.00 bits per heavy atom. The van der Waals surface area contributed by atoms with Crippen LogP contribution in [0.25, 0.3) is 0 Å². The van der Waals surface area contributed by atoms with Crippen LogP contribution in [0.3, 0.4) is 0 Å². The lowest BCUT2D eigenvalue weighted by molar-refractivity contribution is 0.0167. The molecule has 0 spiro atoms. The van der Waals surface area contributed by atoms with Crippen molar-refractivity contribution in [1.29, 1.82) is 0 Å². The SMILES string of the molecule is CN1C(CN2CCOCC2)=C(Br)C(CO)N1C. The van der Waals surface area contributed by atoms with Crippen LogP contribution in [0.1, 0.15) is 0 Å². The van der Waals surface area contributed by atoms with Crippen molar-refractivity contribution in [2.45, 2.75) is 6.04 Å². The number of aliphatic hydroxyl groups is 1. The highest BCUT2D eigenvalue weighted by atomic mass is 79.9. The summed E-state index contributed by atoms with van der Waals surface area (Å²) in [4.78, 5) is 2.38. The molecule has 17 heavy (non-hydrogen) atoms. The molecule has 0 aromatic carbocycles. The third kappa shape index (κ3) is 2.66. The van der Waals surface area contributed by atoms with E-state index in [2.05, 4.69) is 30.8 Å². The van der Waals surface area contributed by atoms with Crippen molar-refractivity contribution in [3.8, 4) is 0 Å². The molecule has 2 heterocycles. The lowest BCUT2D eigenvalue weighted by Crippen LogP contribution is -2.42. The Morgan fingerprint density at radius 3 is 2.53 bits per heavy atom. The number of halogens is 1. The van der Waals surface area contributed by atoms with Gasteiger partial charge < -0.3 is 14.9 Å². The number of ether oxygens (including phenoxy) is 1. The fourth-order valence-electron chi connectivity index (χ4n) is 2.26. The maximum atomic E-state index is 9.38. The van der Waals surface area contributed by atoms with Crippen LogP contribution < -0.4 is 0 Å². The van der Waals surface area contributed by atoms with Crippen molar-refractivity contribution < 1.29 is 9.84 Å². The second-order valence-electron chi connectivity index (χ2n) is 4.48. The summed E-state index contributed by atoms with van der Waals surface area (Å²) >= 11 is 3.62. The van der Waals surface area contributed by atoms with Gasteiger partial charge in [0.1, 0.15) is 0 Å². The Bertz CT molecular complexity index is 305. The number of rotatable bonds is 3. The molecule has 0 aliphatic carbocycles. The summed E-state index contributed by atoms with van der Waals surface area (Å²) in [6.07, 6.45) is 0. The molecule has 0 aromatic heterocycles. The molecule has 1 fully saturated rings. The number of morpholine rings is 1. The maximum Gasteiger partial charge on any atom is 0.0853 e. The second kappa shape index (κ2) is 5.67. The van der Waals surface area contributed by atoms with Crippen LogP contribution in [-0.4, -0.2) is 79.6 Å². The van der Waals surface area contributed by atoms with E-state index in [0.717, 1.165) is 37.3 Å². The first-order chi connectivity index (χ1) is 8.15. The molecule has 0 saturated carbocycles. The van der Waals surface area contributed by atoms with Crippen LogP contribution in [0.2, 0.25) is 0 Å². The van der Waals surface area contributed by atoms with E-state index in [9.17, 15) is 5.11 Å². The van der Waals surface area contributed by atoms with E-state index in [1.54, 1.807) is 0 Å². The van der Waals surface area contributed by atoms with E-state index < -0.39 is 0 Å². The first kappa shape index (κ1) is 13.3. The minimum absolute atomic E-state index is 0.0519. The molecule has 1 N–H and O–H groups in total. The second-order valence-corrected chi connectivity index (χ2v) is 5.33. The molecule has 0 radical (unpaired) electrons. The van der Waals surface area contributed by atoms with E-state index in [4.69, 9.17) is 4.74 Å². The average molecular weight is 306 g/mol. The summed E-state index contributed by atoms with van der Waals surface area (Å²) in [5.41, 5.74) is 1.23. The number of nitrogens with zero attached hydrogens (tertiary/aromatic N) is 3. The van der Waals surface area contributed by atoms with Crippen LogP contribution in [0, 0.1) is 0 Å². The Kier molecular flexibility index (Phi) is 4.43. The molecule has 1 atom stereocenters. The first-order valence-electron chi connectivity index (χ1n) is 5.91. The van der Waals surface area contributed by atoms with Crippen molar-refractivity contribution in [3.05, 3.63) is 10.2 Å². The normalized spacial score (nSPS) is 28.2. The maximum absolute atomic E-state index is 9.38. The number of hydrogen-bond donors (Lipinski definition) is 1. The van der Waals surface area contributed by atoms with Crippen molar-refractivity contribution in [2.24, 2.45) is 0 Å². The smallest absolute Gasteiger partial charge is 0.0853 e. The van der Waals surface area contributed by atoms with Crippen LogP contribution in [-0.2, 0) is 4.74 Å². The zero-order chi connectivity index (χ0) is 12.4. The molecule has 2 aliphatic rings. The predicted octanol–water partition coefficient (Wildman–Crippen LogP) is 0.0782. The fraction of sp³-hybridized carbons (Fsp3) is 0.818. The van der Waals surface area contributed by atoms with Gasteiger partial charge in [0.25, 0.3) is 0 Å². The van der Waals surface area contributed by atoms with Gasteiger partial charge >= 0.3 is 0 Å². The molecule has 1 unspecified atom stereocenters. The lowest BCUT2D eigenvalue weighted by Gasteiger charge is -2.32. The number of aliphatic hydroxyl groups excluding tert-OH is 1. The van der Waals surface area contributed by atoms with Crippen molar-refractivity contribution in [1.82, 2.24) is 14.9 Å². The van der Waals surface area contributed by atoms with Crippen molar-refractivity contribution in [2.75, 3.05) is 53.6 Å².